The van der Waals surface area contributed by atoms with E-state index in [4.69, 9.17) is 9.47 Å². The number of hydrogen-bond donors (Lipinski definition) is 1. The van der Waals surface area contributed by atoms with Crippen molar-refractivity contribution in [1.29, 1.82) is 0 Å². The first-order valence-corrected chi connectivity index (χ1v) is 13.0. The third kappa shape index (κ3) is 6.86. The molecule has 7 nitrogen and oxygen atoms in total. The third-order valence-corrected chi connectivity index (χ3v) is 7.49. The summed E-state index contributed by atoms with van der Waals surface area (Å²) >= 11 is 0. The molecule has 4 rings (SSSR count). The van der Waals surface area contributed by atoms with Gasteiger partial charge in [-0.25, -0.2) is 0 Å². The highest BCUT2D eigenvalue weighted by Gasteiger charge is 2.42. The smallest absolute Gasteiger partial charge is 0.246 e. The maximum absolute atomic E-state index is 13.6. The van der Waals surface area contributed by atoms with Crippen LogP contribution in [0.2, 0.25) is 0 Å². The number of piperazine rings is 1. The zero-order valence-corrected chi connectivity index (χ0v) is 21.7. The molecule has 0 spiro atoms. The van der Waals surface area contributed by atoms with Crippen LogP contribution in [0.15, 0.2) is 48.5 Å². The van der Waals surface area contributed by atoms with Gasteiger partial charge in [0.2, 0.25) is 11.8 Å². The molecule has 1 heterocycles. The predicted molar refractivity (Wildman–Crippen MR) is 140 cm³/mol. The molecule has 2 fully saturated rings. The Kier molecular flexibility index (Phi) is 8.99. The van der Waals surface area contributed by atoms with Crippen LogP contribution in [0.25, 0.3) is 0 Å². The molecule has 36 heavy (non-hydrogen) atoms. The molecule has 0 aromatic heterocycles. The quantitative estimate of drug-likeness (QED) is 0.581. The Labute approximate surface area is 214 Å². The number of nitrogens with zero attached hydrogens (tertiary/aromatic N) is 2. The molecule has 1 aliphatic heterocycles. The van der Waals surface area contributed by atoms with Gasteiger partial charge in [0, 0.05) is 45.9 Å². The van der Waals surface area contributed by atoms with Gasteiger partial charge < -0.3 is 19.7 Å². The van der Waals surface area contributed by atoms with Crippen molar-refractivity contribution in [3.05, 3.63) is 65.2 Å². The Bertz CT molecular complexity index is 1020. The van der Waals surface area contributed by atoms with Gasteiger partial charge in [-0.3, -0.25) is 14.5 Å². The van der Waals surface area contributed by atoms with E-state index in [1.54, 1.807) is 0 Å². The average Bonchev–Trinajstić information content (AvgIpc) is 3.28. The lowest BCUT2D eigenvalue weighted by molar-refractivity contribution is -0.138. The number of amides is 2. The van der Waals surface area contributed by atoms with Crippen LogP contribution in [0, 0.1) is 25.7 Å². The van der Waals surface area contributed by atoms with E-state index >= 15 is 0 Å². The molecule has 7 heteroatoms. The third-order valence-electron chi connectivity index (χ3n) is 7.49. The Balaban J connectivity index is 1.33. The van der Waals surface area contributed by atoms with Crippen molar-refractivity contribution in [2.24, 2.45) is 11.8 Å². The number of methoxy groups -OCH3 is 1. The van der Waals surface area contributed by atoms with Crippen LogP contribution in [-0.2, 0) is 20.9 Å². The van der Waals surface area contributed by atoms with Crippen LogP contribution < -0.4 is 10.1 Å². The zero-order valence-electron chi connectivity index (χ0n) is 21.7. The molecule has 2 aliphatic rings. The number of carbonyl (C=O) groups excluding carboxylic acids is 2. The van der Waals surface area contributed by atoms with Gasteiger partial charge in [-0.1, -0.05) is 36.4 Å². The van der Waals surface area contributed by atoms with Crippen LogP contribution in [0.5, 0.6) is 5.75 Å². The second-order valence-electron chi connectivity index (χ2n) is 10.2. The number of rotatable bonds is 9. The minimum absolute atomic E-state index is 0.000246. The van der Waals surface area contributed by atoms with E-state index in [1.165, 1.54) is 23.8 Å². The molecule has 0 radical (unpaired) electrons. The van der Waals surface area contributed by atoms with Crippen LogP contribution in [0.3, 0.4) is 0 Å². The molecule has 0 bridgehead atoms. The fraction of sp³-hybridized carbons (Fsp3) is 0.517. The Morgan fingerprint density at radius 1 is 0.972 bits per heavy atom. The van der Waals surface area contributed by atoms with Gasteiger partial charge in [0.25, 0.3) is 0 Å². The first-order valence-electron chi connectivity index (χ1n) is 13.0. The van der Waals surface area contributed by atoms with Crippen molar-refractivity contribution < 1.29 is 19.1 Å². The van der Waals surface area contributed by atoms with Crippen LogP contribution in [0.1, 0.15) is 29.5 Å². The van der Waals surface area contributed by atoms with E-state index < -0.39 is 0 Å². The highest BCUT2D eigenvalue weighted by Crippen LogP contribution is 2.34. The Hall–Kier alpha value is -2.90. The number of carbonyl (C=O) groups is 2. The van der Waals surface area contributed by atoms with Crippen LogP contribution in [-0.4, -0.2) is 74.2 Å². The van der Waals surface area contributed by atoms with Crippen molar-refractivity contribution >= 4 is 11.8 Å². The monoisotopic (exact) mass is 493 g/mol. The lowest BCUT2D eigenvalue weighted by atomic mass is 10.0. The Morgan fingerprint density at radius 2 is 1.72 bits per heavy atom. The summed E-state index contributed by atoms with van der Waals surface area (Å²) in [7, 11) is 1.50. The maximum atomic E-state index is 13.6. The fourth-order valence-corrected chi connectivity index (χ4v) is 5.34. The molecule has 2 amide bonds. The second kappa shape index (κ2) is 12.4. The van der Waals surface area contributed by atoms with Gasteiger partial charge >= 0.3 is 0 Å². The molecular weight excluding hydrogens is 454 g/mol. The normalized spacial score (nSPS) is 22.4. The van der Waals surface area contributed by atoms with Crippen molar-refractivity contribution in [2.45, 2.75) is 39.3 Å². The van der Waals surface area contributed by atoms with Crippen molar-refractivity contribution in [3.63, 3.8) is 0 Å². The molecule has 2 aromatic rings. The molecule has 1 saturated carbocycles. The minimum Gasteiger partial charge on any atom is -0.493 e. The predicted octanol–water partition coefficient (Wildman–Crippen LogP) is 3.18. The summed E-state index contributed by atoms with van der Waals surface area (Å²) in [6.07, 6.45) is 1.44. The molecule has 1 aliphatic carbocycles. The molecule has 1 N–H and O–H groups in total. The number of hydrogen-bond acceptors (Lipinski definition) is 5. The van der Waals surface area contributed by atoms with Gasteiger partial charge in [-0.2, -0.15) is 0 Å². The summed E-state index contributed by atoms with van der Waals surface area (Å²) in [4.78, 5) is 30.3. The summed E-state index contributed by atoms with van der Waals surface area (Å²) in [5, 5.41) is 3.05. The Morgan fingerprint density at radius 3 is 2.42 bits per heavy atom. The lowest BCUT2D eigenvalue weighted by Gasteiger charge is -2.37. The van der Waals surface area contributed by atoms with E-state index in [2.05, 4.69) is 42.3 Å². The largest absolute Gasteiger partial charge is 0.493 e. The van der Waals surface area contributed by atoms with E-state index in [0.717, 1.165) is 31.8 Å². The van der Waals surface area contributed by atoms with Crippen molar-refractivity contribution in [1.82, 2.24) is 15.1 Å². The SMILES string of the molecule is COCC(=O)N[C@@H]1C[C@H](COc2ccccc2)C[C@H]1C(=O)N1CCN(Cc2ccc(C)c(C)c2)CC1. The molecule has 3 atom stereocenters. The number of nitrogens with one attached hydrogen (secondary N) is 1. The number of ether oxygens (including phenoxy) is 2. The topological polar surface area (TPSA) is 71.1 Å². The zero-order chi connectivity index (χ0) is 25.5. The van der Waals surface area contributed by atoms with Gasteiger partial charge in [-0.05, 0) is 61.4 Å². The second-order valence-corrected chi connectivity index (χ2v) is 10.2. The first kappa shape index (κ1) is 26.2. The molecule has 2 aromatic carbocycles. The first-order chi connectivity index (χ1) is 17.4. The summed E-state index contributed by atoms with van der Waals surface area (Å²) in [5.41, 5.74) is 3.94. The standard InChI is InChI=1S/C29H39N3O4/c1-21-9-10-23(15-22(21)2)18-31-11-13-32(14-12-31)29(34)26-16-24(17-27(26)30-28(33)20-35-3)19-36-25-7-5-4-6-8-25/h4-10,15,24,26-27H,11-14,16-20H2,1-3H3,(H,30,33)/t24-,26-,27-/m1/s1. The number of benzene rings is 2. The van der Waals surface area contributed by atoms with Gasteiger partial charge in [-0.15, -0.1) is 0 Å². The summed E-state index contributed by atoms with van der Waals surface area (Å²) in [5.74, 6) is 0.764. The summed E-state index contributed by atoms with van der Waals surface area (Å²) in [6.45, 7) is 8.86. The maximum Gasteiger partial charge on any atom is 0.246 e. The van der Waals surface area contributed by atoms with Gasteiger partial charge in [0.1, 0.15) is 12.4 Å². The molecule has 0 unspecified atom stereocenters. The van der Waals surface area contributed by atoms with Crippen LogP contribution >= 0.6 is 0 Å². The fourth-order valence-electron chi connectivity index (χ4n) is 5.34. The minimum atomic E-state index is -0.235. The lowest BCUT2D eigenvalue weighted by Crippen LogP contribution is -2.52. The number of para-hydroxylation sites is 1. The van der Waals surface area contributed by atoms with Gasteiger partial charge in [0.15, 0.2) is 0 Å². The van der Waals surface area contributed by atoms with Crippen molar-refractivity contribution in [3.8, 4) is 5.75 Å². The van der Waals surface area contributed by atoms with E-state index in [9.17, 15) is 9.59 Å². The van der Waals surface area contributed by atoms with E-state index in [0.29, 0.717) is 26.1 Å². The summed E-state index contributed by atoms with van der Waals surface area (Å²) < 4.78 is 11.0. The molecule has 1 saturated heterocycles. The van der Waals surface area contributed by atoms with Gasteiger partial charge in [0.05, 0.1) is 12.5 Å². The number of aryl methyl sites for hydroxylation is 2. The summed E-state index contributed by atoms with van der Waals surface area (Å²) in [6, 6.07) is 16.2. The van der Waals surface area contributed by atoms with E-state index in [-0.39, 0.29) is 36.3 Å². The van der Waals surface area contributed by atoms with Crippen LogP contribution in [0.4, 0.5) is 0 Å². The molecule has 194 valence electrons. The average molecular weight is 494 g/mol. The van der Waals surface area contributed by atoms with Crippen molar-refractivity contribution in [2.75, 3.05) is 46.5 Å². The highest BCUT2D eigenvalue weighted by atomic mass is 16.5. The van der Waals surface area contributed by atoms with E-state index in [1.807, 2.05) is 35.2 Å². The highest BCUT2D eigenvalue weighted by molar-refractivity contribution is 5.82. The molecular formula is C29H39N3O4.